The molecule has 0 radical (unpaired) electrons. The molecule has 1 heterocycles. The van der Waals surface area contributed by atoms with E-state index in [9.17, 15) is 9.90 Å². The van der Waals surface area contributed by atoms with Crippen molar-refractivity contribution in [1.82, 2.24) is 4.90 Å². The van der Waals surface area contributed by atoms with Crippen LogP contribution in [0.2, 0.25) is 5.02 Å². The fourth-order valence-corrected chi connectivity index (χ4v) is 2.90. The maximum Gasteiger partial charge on any atom is 0.163 e. The summed E-state index contributed by atoms with van der Waals surface area (Å²) in [6, 6.07) is 3.27. The number of carbonyl (C=O) groups is 1. The molecular formula is C15H20ClNO2. The summed E-state index contributed by atoms with van der Waals surface area (Å²) in [6.45, 7) is 8.59. The lowest BCUT2D eigenvalue weighted by molar-refractivity contribution is 0.101. The summed E-state index contributed by atoms with van der Waals surface area (Å²) in [6.07, 6.45) is 0. The predicted molar refractivity (Wildman–Crippen MR) is 76.7 cm³/mol. The van der Waals surface area contributed by atoms with Crippen LogP contribution in [-0.4, -0.2) is 28.9 Å². The van der Waals surface area contributed by atoms with Gasteiger partial charge >= 0.3 is 0 Å². The Labute approximate surface area is 119 Å². The Balaban J connectivity index is 2.23. The van der Waals surface area contributed by atoms with Crippen LogP contribution in [0.25, 0.3) is 0 Å². The van der Waals surface area contributed by atoms with Gasteiger partial charge in [-0.1, -0.05) is 25.4 Å². The summed E-state index contributed by atoms with van der Waals surface area (Å²) in [5.41, 5.74) is 1.04. The number of carbonyl (C=O) groups excluding carboxylic acids is 1. The van der Waals surface area contributed by atoms with Crippen LogP contribution in [0.15, 0.2) is 12.1 Å². The lowest BCUT2D eigenvalue weighted by Crippen LogP contribution is -2.20. The average molecular weight is 282 g/mol. The molecule has 1 N–H and O–H groups in total. The van der Waals surface area contributed by atoms with Gasteiger partial charge in [0.25, 0.3) is 0 Å². The molecule has 19 heavy (non-hydrogen) atoms. The van der Waals surface area contributed by atoms with Crippen LogP contribution in [0, 0.1) is 11.8 Å². The number of benzene rings is 1. The average Bonchev–Trinajstić information content (AvgIpc) is 2.62. The number of hydrogen-bond donors (Lipinski definition) is 1. The zero-order valence-electron chi connectivity index (χ0n) is 11.6. The summed E-state index contributed by atoms with van der Waals surface area (Å²) >= 11 is 6.03. The molecule has 2 rings (SSSR count). The van der Waals surface area contributed by atoms with Crippen molar-refractivity contribution in [1.29, 1.82) is 0 Å². The van der Waals surface area contributed by atoms with E-state index in [1.807, 2.05) is 0 Å². The molecule has 1 fully saturated rings. The first kappa shape index (κ1) is 14.4. The van der Waals surface area contributed by atoms with Crippen LogP contribution in [-0.2, 0) is 6.54 Å². The lowest BCUT2D eigenvalue weighted by Gasteiger charge is -2.17. The minimum absolute atomic E-state index is 0.0732. The van der Waals surface area contributed by atoms with Gasteiger partial charge in [0.2, 0.25) is 0 Å². The number of likely N-dealkylation sites (tertiary alicyclic amines) is 1. The van der Waals surface area contributed by atoms with E-state index in [4.69, 9.17) is 11.6 Å². The topological polar surface area (TPSA) is 40.5 Å². The van der Waals surface area contributed by atoms with Crippen LogP contribution in [0.5, 0.6) is 5.75 Å². The van der Waals surface area contributed by atoms with Gasteiger partial charge in [-0.15, -0.1) is 0 Å². The number of nitrogens with zero attached hydrogens (tertiary/aromatic N) is 1. The Bertz CT molecular complexity index is 491. The maximum atomic E-state index is 11.5. The van der Waals surface area contributed by atoms with Gasteiger partial charge in [0.05, 0.1) is 5.56 Å². The van der Waals surface area contributed by atoms with Crippen molar-refractivity contribution in [2.45, 2.75) is 27.3 Å². The number of phenolic OH excluding ortho intramolecular Hbond substituents is 1. The molecular weight excluding hydrogens is 262 g/mol. The fourth-order valence-electron chi connectivity index (χ4n) is 2.66. The van der Waals surface area contributed by atoms with Gasteiger partial charge in [0.15, 0.2) is 5.78 Å². The number of halogens is 1. The van der Waals surface area contributed by atoms with E-state index in [1.165, 1.54) is 13.0 Å². The molecule has 1 aliphatic rings. The highest BCUT2D eigenvalue weighted by molar-refractivity contribution is 6.31. The second-order valence-electron chi connectivity index (χ2n) is 5.67. The summed E-state index contributed by atoms with van der Waals surface area (Å²) in [7, 11) is 0. The summed E-state index contributed by atoms with van der Waals surface area (Å²) in [5.74, 6) is 1.23. The van der Waals surface area contributed by atoms with Crippen molar-refractivity contribution >= 4 is 17.4 Å². The Morgan fingerprint density at radius 1 is 1.37 bits per heavy atom. The first-order valence-corrected chi connectivity index (χ1v) is 7.01. The SMILES string of the molecule is CC(=O)c1cc(Cl)cc(CN2CC(C)C(C)C2)c1O. The number of hydrogen-bond acceptors (Lipinski definition) is 3. The third-order valence-electron chi connectivity index (χ3n) is 3.99. The highest BCUT2D eigenvalue weighted by atomic mass is 35.5. The standard InChI is InChI=1S/C15H20ClNO2/c1-9-6-17(7-10(9)2)8-12-4-13(16)5-14(11(3)18)15(12)19/h4-5,9-10,19H,6-8H2,1-3H3. The Morgan fingerprint density at radius 2 is 1.95 bits per heavy atom. The highest BCUT2D eigenvalue weighted by Crippen LogP contribution is 2.31. The van der Waals surface area contributed by atoms with Gasteiger partial charge in [-0.25, -0.2) is 0 Å². The van der Waals surface area contributed by atoms with Crippen LogP contribution < -0.4 is 0 Å². The van der Waals surface area contributed by atoms with Gasteiger partial charge in [0, 0.05) is 30.2 Å². The minimum atomic E-state index is -0.163. The molecule has 104 valence electrons. The second kappa shape index (κ2) is 5.51. The van der Waals surface area contributed by atoms with Gasteiger partial charge in [-0.2, -0.15) is 0 Å². The molecule has 4 heteroatoms. The molecule has 0 amide bonds. The minimum Gasteiger partial charge on any atom is -0.507 e. The molecule has 1 aromatic carbocycles. The quantitative estimate of drug-likeness (QED) is 0.864. The van der Waals surface area contributed by atoms with Crippen LogP contribution in [0.3, 0.4) is 0 Å². The van der Waals surface area contributed by atoms with E-state index in [0.29, 0.717) is 29.0 Å². The lowest BCUT2D eigenvalue weighted by atomic mass is 10.0. The first-order chi connectivity index (χ1) is 8.88. The summed E-state index contributed by atoms with van der Waals surface area (Å²) < 4.78 is 0. The molecule has 0 saturated carbocycles. The highest BCUT2D eigenvalue weighted by Gasteiger charge is 2.27. The number of ketones is 1. The van der Waals surface area contributed by atoms with E-state index in [0.717, 1.165) is 18.7 Å². The Kier molecular flexibility index (Phi) is 4.16. The largest absolute Gasteiger partial charge is 0.507 e. The van der Waals surface area contributed by atoms with E-state index in [-0.39, 0.29) is 11.5 Å². The number of Topliss-reactive ketones (excluding diaryl/α,β-unsaturated/α-hetero) is 1. The van der Waals surface area contributed by atoms with Crippen molar-refractivity contribution in [3.8, 4) is 5.75 Å². The third-order valence-corrected chi connectivity index (χ3v) is 4.21. The molecule has 1 aliphatic heterocycles. The van der Waals surface area contributed by atoms with Crippen LogP contribution in [0.4, 0.5) is 0 Å². The Hall–Kier alpha value is -1.06. The summed E-state index contributed by atoms with van der Waals surface area (Å²) in [4.78, 5) is 13.8. The van der Waals surface area contributed by atoms with Crippen molar-refractivity contribution in [2.75, 3.05) is 13.1 Å². The number of rotatable bonds is 3. The normalized spacial score (nSPS) is 23.8. The molecule has 1 saturated heterocycles. The molecule has 2 atom stereocenters. The van der Waals surface area contributed by atoms with Gasteiger partial charge in [-0.3, -0.25) is 9.69 Å². The number of phenols is 1. The maximum absolute atomic E-state index is 11.5. The molecule has 2 unspecified atom stereocenters. The molecule has 1 aromatic rings. The van der Waals surface area contributed by atoms with E-state index in [2.05, 4.69) is 18.7 Å². The van der Waals surface area contributed by atoms with Gasteiger partial charge in [-0.05, 0) is 30.9 Å². The predicted octanol–water partition coefficient (Wildman–Crippen LogP) is 3.34. The van der Waals surface area contributed by atoms with E-state index < -0.39 is 0 Å². The zero-order chi connectivity index (χ0) is 14.2. The van der Waals surface area contributed by atoms with Crippen molar-refractivity contribution in [2.24, 2.45) is 11.8 Å². The van der Waals surface area contributed by atoms with Crippen LogP contribution in [0.1, 0.15) is 36.7 Å². The van der Waals surface area contributed by atoms with Crippen molar-refractivity contribution in [3.63, 3.8) is 0 Å². The molecule has 0 aliphatic carbocycles. The first-order valence-electron chi connectivity index (χ1n) is 6.63. The van der Waals surface area contributed by atoms with Crippen LogP contribution >= 0.6 is 11.6 Å². The monoisotopic (exact) mass is 281 g/mol. The second-order valence-corrected chi connectivity index (χ2v) is 6.10. The molecule has 0 bridgehead atoms. The van der Waals surface area contributed by atoms with Crippen molar-refractivity contribution < 1.29 is 9.90 Å². The van der Waals surface area contributed by atoms with Gasteiger partial charge in [0.1, 0.15) is 5.75 Å². The molecule has 3 nitrogen and oxygen atoms in total. The smallest absolute Gasteiger partial charge is 0.163 e. The summed E-state index contributed by atoms with van der Waals surface area (Å²) in [5, 5.41) is 10.7. The van der Waals surface area contributed by atoms with E-state index >= 15 is 0 Å². The number of aromatic hydroxyl groups is 1. The Morgan fingerprint density at radius 3 is 2.47 bits per heavy atom. The molecule has 0 aromatic heterocycles. The van der Waals surface area contributed by atoms with E-state index in [1.54, 1.807) is 6.07 Å². The van der Waals surface area contributed by atoms with Gasteiger partial charge < -0.3 is 5.11 Å². The zero-order valence-corrected chi connectivity index (χ0v) is 12.4. The van der Waals surface area contributed by atoms with Crippen molar-refractivity contribution in [3.05, 3.63) is 28.3 Å². The fraction of sp³-hybridized carbons (Fsp3) is 0.533. The molecule has 0 spiro atoms. The third kappa shape index (κ3) is 3.10.